The van der Waals surface area contributed by atoms with Crippen molar-refractivity contribution in [2.45, 2.75) is 13.3 Å². The molecule has 1 aliphatic rings. The molecule has 0 bridgehead atoms. The second-order valence-corrected chi connectivity index (χ2v) is 5.56. The van der Waals surface area contributed by atoms with Crippen LogP contribution in [0.4, 0.5) is 11.4 Å². The fourth-order valence-corrected chi connectivity index (χ4v) is 2.52. The summed E-state index contributed by atoms with van der Waals surface area (Å²) in [4.78, 5) is 25.9. The van der Waals surface area contributed by atoms with Crippen LogP contribution in [0.15, 0.2) is 42.5 Å². The molecule has 1 aliphatic heterocycles. The highest BCUT2D eigenvalue weighted by Crippen LogP contribution is 2.31. The van der Waals surface area contributed by atoms with E-state index in [1.54, 1.807) is 25.2 Å². The summed E-state index contributed by atoms with van der Waals surface area (Å²) < 4.78 is 5.56. The smallest absolute Gasteiger partial charge is 0.255 e. The fraction of sp³-hybridized carbons (Fsp3) is 0.222. The zero-order chi connectivity index (χ0) is 16.4. The molecular weight excluding hydrogens is 292 g/mol. The number of hydrogen-bond donors (Lipinski definition) is 1. The van der Waals surface area contributed by atoms with Crippen LogP contribution in [-0.4, -0.2) is 25.5 Å². The van der Waals surface area contributed by atoms with Gasteiger partial charge in [-0.15, -0.1) is 0 Å². The van der Waals surface area contributed by atoms with E-state index in [0.29, 0.717) is 30.0 Å². The van der Waals surface area contributed by atoms with E-state index < -0.39 is 0 Å². The van der Waals surface area contributed by atoms with Crippen LogP contribution in [0.1, 0.15) is 22.3 Å². The highest BCUT2D eigenvalue weighted by atomic mass is 16.5. The topological polar surface area (TPSA) is 58.6 Å². The Morgan fingerprint density at radius 1 is 1.22 bits per heavy atom. The number of ether oxygens (including phenoxy) is 1. The predicted molar refractivity (Wildman–Crippen MR) is 89.1 cm³/mol. The van der Waals surface area contributed by atoms with Gasteiger partial charge in [0.15, 0.2) is 0 Å². The van der Waals surface area contributed by atoms with Gasteiger partial charge in [0.2, 0.25) is 5.91 Å². The number of nitrogens with zero attached hydrogens (tertiary/aromatic N) is 1. The van der Waals surface area contributed by atoms with Gasteiger partial charge in [-0.2, -0.15) is 0 Å². The quantitative estimate of drug-likeness (QED) is 0.927. The summed E-state index contributed by atoms with van der Waals surface area (Å²) in [6.45, 7) is 2.32. The van der Waals surface area contributed by atoms with Crippen LogP contribution in [-0.2, 0) is 4.79 Å². The number of anilines is 2. The minimum atomic E-state index is -0.219. The summed E-state index contributed by atoms with van der Waals surface area (Å²) in [6.07, 6.45) is 0.329. The monoisotopic (exact) mass is 310 g/mol. The first-order chi connectivity index (χ1) is 11.0. The molecule has 5 heteroatoms. The van der Waals surface area contributed by atoms with Gasteiger partial charge in [0, 0.05) is 18.3 Å². The number of fused-ring (bicyclic) bond motifs is 1. The molecule has 0 fully saturated rings. The molecule has 0 radical (unpaired) electrons. The number of benzene rings is 2. The highest BCUT2D eigenvalue weighted by molar-refractivity contribution is 6.06. The predicted octanol–water partition coefficient (Wildman–Crippen LogP) is 2.99. The van der Waals surface area contributed by atoms with E-state index in [0.717, 1.165) is 11.3 Å². The first kappa shape index (κ1) is 15.1. The van der Waals surface area contributed by atoms with Gasteiger partial charge in [-0.3, -0.25) is 9.59 Å². The molecule has 0 saturated carbocycles. The Balaban J connectivity index is 1.87. The third kappa shape index (κ3) is 3.18. The van der Waals surface area contributed by atoms with Gasteiger partial charge >= 0.3 is 0 Å². The molecule has 23 heavy (non-hydrogen) atoms. The average molecular weight is 310 g/mol. The van der Waals surface area contributed by atoms with Crippen LogP contribution in [0, 0.1) is 6.92 Å². The zero-order valence-electron chi connectivity index (χ0n) is 13.1. The first-order valence-corrected chi connectivity index (χ1v) is 7.46. The van der Waals surface area contributed by atoms with E-state index in [1.165, 1.54) is 4.90 Å². The Bertz CT molecular complexity index is 771. The van der Waals surface area contributed by atoms with Gasteiger partial charge in [-0.25, -0.2) is 0 Å². The van der Waals surface area contributed by atoms with Crippen LogP contribution >= 0.6 is 0 Å². The Kier molecular flexibility index (Phi) is 4.02. The van der Waals surface area contributed by atoms with Crippen molar-refractivity contribution in [3.05, 3.63) is 53.6 Å². The Morgan fingerprint density at radius 3 is 2.83 bits per heavy atom. The van der Waals surface area contributed by atoms with Gasteiger partial charge in [-0.1, -0.05) is 12.1 Å². The lowest BCUT2D eigenvalue weighted by Gasteiger charge is -2.17. The molecule has 0 aliphatic carbocycles. The molecular formula is C18H18N2O3. The molecule has 0 unspecified atom stereocenters. The maximum Gasteiger partial charge on any atom is 0.255 e. The van der Waals surface area contributed by atoms with Crippen molar-refractivity contribution in [2.24, 2.45) is 0 Å². The number of amides is 2. The first-order valence-electron chi connectivity index (χ1n) is 7.46. The maximum absolute atomic E-state index is 12.4. The molecule has 1 heterocycles. The van der Waals surface area contributed by atoms with Crippen LogP contribution in [0.25, 0.3) is 0 Å². The normalized spacial score (nSPS) is 13.8. The minimum Gasteiger partial charge on any atom is -0.491 e. The Labute approximate surface area is 134 Å². The second-order valence-electron chi connectivity index (χ2n) is 5.56. The van der Waals surface area contributed by atoms with Crippen molar-refractivity contribution in [3.63, 3.8) is 0 Å². The van der Waals surface area contributed by atoms with Gasteiger partial charge in [-0.05, 0) is 42.8 Å². The summed E-state index contributed by atoms with van der Waals surface area (Å²) in [5.41, 5.74) is 2.91. The average Bonchev–Trinajstić information content (AvgIpc) is 2.67. The lowest BCUT2D eigenvalue weighted by molar-refractivity contribution is -0.118. The molecule has 118 valence electrons. The fourth-order valence-electron chi connectivity index (χ4n) is 2.52. The number of hydrogen-bond acceptors (Lipinski definition) is 3. The molecule has 0 spiro atoms. The largest absolute Gasteiger partial charge is 0.491 e. The van der Waals surface area contributed by atoms with Crippen LogP contribution in [0.5, 0.6) is 5.75 Å². The SMILES string of the molecule is Cc1cccc(NC(=O)c2ccc3c(c2)N(C)C(=O)CCO3)c1. The summed E-state index contributed by atoms with van der Waals surface area (Å²) in [7, 11) is 1.69. The van der Waals surface area contributed by atoms with E-state index in [9.17, 15) is 9.59 Å². The molecule has 2 aromatic carbocycles. The molecule has 0 saturated heterocycles. The van der Waals surface area contributed by atoms with Crippen molar-refractivity contribution >= 4 is 23.2 Å². The van der Waals surface area contributed by atoms with E-state index in [2.05, 4.69) is 5.32 Å². The summed E-state index contributed by atoms with van der Waals surface area (Å²) >= 11 is 0. The summed E-state index contributed by atoms with van der Waals surface area (Å²) in [6, 6.07) is 12.7. The van der Waals surface area contributed by atoms with Crippen LogP contribution in [0.3, 0.4) is 0 Å². The van der Waals surface area contributed by atoms with Crippen molar-refractivity contribution < 1.29 is 14.3 Å². The Morgan fingerprint density at radius 2 is 2.04 bits per heavy atom. The minimum absolute atomic E-state index is 0.0278. The van der Waals surface area contributed by atoms with Crippen molar-refractivity contribution in [1.29, 1.82) is 0 Å². The molecule has 5 nitrogen and oxygen atoms in total. The van der Waals surface area contributed by atoms with Gasteiger partial charge < -0.3 is 15.0 Å². The van der Waals surface area contributed by atoms with E-state index >= 15 is 0 Å². The number of carbonyl (C=O) groups excluding carboxylic acids is 2. The van der Waals surface area contributed by atoms with Crippen molar-refractivity contribution in [3.8, 4) is 5.75 Å². The van der Waals surface area contributed by atoms with Crippen LogP contribution < -0.4 is 15.0 Å². The molecule has 2 aromatic rings. The molecule has 0 aromatic heterocycles. The van der Waals surface area contributed by atoms with E-state index in [4.69, 9.17) is 4.74 Å². The standard InChI is InChI=1S/C18H18N2O3/c1-12-4-3-5-14(10-12)19-18(22)13-6-7-16-15(11-13)20(2)17(21)8-9-23-16/h3-7,10-11H,8-9H2,1-2H3,(H,19,22). The lowest BCUT2D eigenvalue weighted by Crippen LogP contribution is -2.25. The third-order valence-electron chi connectivity index (χ3n) is 3.81. The van der Waals surface area contributed by atoms with Gasteiger partial charge in [0.1, 0.15) is 5.75 Å². The number of aryl methyl sites for hydroxylation is 1. The van der Waals surface area contributed by atoms with Crippen molar-refractivity contribution in [2.75, 3.05) is 23.9 Å². The molecule has 0 atom stereocenters. The third-order valence-corrected chi connectivity index (χ3v) is 3.81. The van der Waals surface area contributed by atoms with Gasteiger partial charge in [0.25, 0.3) is 5.91 Å². The highest BCUT2D eigenvalue weighted by Gasteiger charge is 2.21. The van der Waals surface area contributed by atoms with E-state index in [1.807, 2.05) is 31.2 Å². The molecule has 3 rings (SSSR count). The Hall–Kier alpha value is -2.82. The van der Waals surface area contributed by atoms with Crippen LogP contribution in [0.2, 0.25) is 0 Å². The molecule has 2 amide bonds. The summed E-state index contributed by atoms with van der Waals surface area (Å²) in [5.74, 6) is 0.369. The van der Waals surface area contributed by atoms with Gasteiger partial charge in [0.05, 0.1) is 18.7 Å². The summed E-state index contributed by atoms with van der Waals surface area (Å²) in [5, 5.41) is 2.86. The molecule has 1 N–H and O–H groups in total. The number of nitrogens with one attached hydrogen (secondary N) is 1. The number of carbonyl (C=O) groups is 2. The second kappa shape index (κ2) is 6.12. The lowest BCUT2D eigenvalue weighted by atomic mass is 10.1. The van der Waals surface area contributed by atoms with Crippen molar-refractivity contribution in [1.82, 2.24) is 0 Å². The van der Waals surface area contributed by atoms with E-state index in [-0.39, 0.29) is 11.8 Å². The number of rotatable bonds is 2. The maximum atomic E-state index is 12.4. The zero-order valence-corrected chi connectivity index (χ0v) is 13.1.